The Morgan fingerprint density at radius 2 is 0.846 bits per heavy atom. The second kappa shape index (κ2) is 39.5. The van der Waals surface area contributed by atoms with Crippen molar-refractivity contribution in [3.63, 3.8) is 0 Å². The number of rotatable bonds is 41. The molecule has 8 nitrogen and oxygen atoms in total. The van der Waals surface area contributed by atoms with Crippen LogP contribution in [0.3, 0.4) is 0 Å². The summed E-state index contributed by atoms with van der Waals surface area (Å²) < 4.78 is 26.4. The minimum absolute atomic E-state index is 0.189. The molecular weight excluding hydrogens is 675 g/mol. The SMILES string of the molecule is CCCCCCCCCCCCC/C=C/CCC(=O)OC[C@H](COP(=O)(O)O)OC(=O)CCCCCCCCCCCCCCCCCCCCC. The van der Waals surface area contributed by atoms with Crippen molar-refractivity contribution in [1.29, 1.82) is 0 Å². The molecule has 0 aromatic heterocycles. The lowest BCUT2D eigenvalue weighted by molar-refractivity contribution is -0.161. The highest BCUT2D eigenvalue weighted by atomic mass is 31.2. The third-order valence-electron chi connectivity index (χ3n) is 9.80. The van der Waals surface area contributed by atoms with Gasteiger partial charge in [-0.15, -0.1) is 0 Å². The van der Waals surface area contributed by atoms with E-state index < -0.39 is 32.5 Å². The number of unbranched alkanes of at least 4 members (excludes halogenated alkanes) is 29. The lowest BCUT2D eigenvalue weighted by atomic mass is 10.0. The Balaban J connectivity index is 3.88. The third kappa shape index (κ3) is 41.5. The van der Waals surface area contributed by atoms with Gasteiger partial charge in [-0.2, -0.15) is 0 Å². The van der Waals surface area contributed by atoms with E-state index in [1.807, 2.05) is 6.08 Å². The van der Waals surface area contributed by atoms with Crippen molar-refractivity contribution in [2.24, 2.45) is 0 Å². The number of esters is 2. The second-order valence-corrected chi connectivity index (χ2v) is 16.3. The molecule has 0 saturated heterocycles. The van der Waals surface area contributed by atoms with E-state index in [-0.39, 0.29) is 19.4 Å². The molecule has 9 heteroatoms. The fourth-order valence-electron chi connectivity index (χ4n) is 6.51. The van der Waals surface area contributed by atoms with Gasteiger partial charge in [-0.25, -0.2) is 4.57 Å². The maximum absolute atomic E-state index is 12.4. The zero-order valence-corrected chi connectivity index (χ0v) is 34.9. The maximum Gasteiger partial charge on any atom is 0.469 e. The van der Waals surface area contributed by atoms with E-state index in [1.165, 1.54) is 161 Å². The van der Waals surface area contributed by atoms with Crippen molar-refractivity contribution >= 4 is 19.8 Å². The van der Waals surface area contributed by atoms with Gasteiger partial charge in [0.2, 0.25) is 0 Å². The molecule has 0 bridgehead atoms. The highest BCUT2D eigenvalue weighted by molar-refractivity contribution is 7.46. The molecule has 0 heterocycles. The van der Waals surface area contributed by atoms with Crippen LogP contribution in [0.1, 0.15) is 232 Å². The van der Waals surface area contributed by atoms with Crippen molar-refractivity contribution in [3.05, 3.63) is 12.2 Å². The first kappa shape index (κ1) is 50.8. The lowest BCUT2D eigenvalue weighted by Crippen LogP contribution is -2.29. The van der Waals surface area contributed by atoms with Crippen LogP contribution < -0.4 is 0 Å². The van der Waals surface area contributed by atoms with Crippen LogP contribution in [-0.4, -0.2) is 41.0 Å². The fraction of sp³-hybridized carbons (Fsp3) is 0.907. The first-order valence-electron chi connectivity index (χ1n) is 22.0. The van der Waals surface area contributed by atoms with E-state index in [2.05, 4.69) is 24.4 Å². The molecule has 0 unspecified atom stereocenters. The van der Waals surface area contributed by atoms with Gasteiger partial charge in [0.25, 0.3) is 0 Å². The first-order valence-corrected chi connectivity index (χ1v) is 23.5. The van der Waals surface area contributed by atoms with Crippen LogP contribution >= 0.6 is 7.82 Å². The Morgan fingerprint density at radius 1 is 0.481 bits per heavy atom. The van der Waals surface area contributed by atoms with Gasteiger partial charge >= 0.3 is 19.8 Å². The van der Waals surface area contributed by atoms with E-state index in [9.17, 15) is 14.2 Å². The Kier molecular flexibility index (Phi) is 38.6. The van der Waals surface area contributed by atoms with Gasteiger partial charge in [0, 0.05) is 12.8 Å². The molecule has 0 aliphatic heterocycles. The van der Waals surface area contributed by atoms with Crippen molar-refractivity contribution < 1.29 is 37.9 Å². The maximum atomic E-state index is 12.4. The van der Waals surface area contributed by atoms with E-state index in [0.29, 0.717) is 12.8 Å². The van der Waals surface area contributed by atoms with Crippen LogP contribution in [0, 0.1) is 0 Å². The highest BCUT2D eigenvalue weighted by Gasteiger charge is 2.22. The average Bonchev–Trinajstić information content (AvgIpc) is 3.11. The van der Waals surface area contributed by atoms with Gasteiger partial charge in [-0.1, -0.05) is 206 Å². The van der Waals surface area contributed by atoms with Crippen LogP contribution in [0.4, 0.5) is 0 Å². The fourth-order valence-corrected chi connectivity index (χ4v) is 6.87. The number of allylic oxidation sites excluding steroid dienone is 2. The van der Waals surface area contributed by atoms with Crippen molar-refractivity contribution in [2.45, 2.75) is 238 Å². The molecule has 308 valence electrons. The number of phosphoric acid groups is 1. The topological polar surface area (TPSA) is 119 Å². The van der Waals surface area contributed by atoms with E-state index in [1.54, 1.807) is 0 Å². The Morgan fingerprint density at radius 3 is 1.25 bits per heavy atom. The van der Waals surface area contributed by atoms with Crippen LogP contribution in [0.2, 0.25) is 0 Å². The average molecular weight is 759 g/mol. The highest BCUT2D eigenvalue weighted by Crippen LogP contribution is 2.36. The summed E-state index contributed by atoms with van der Waals surface area (Å²) in [5.74, 6) is -0.928. The number of carbonyl (C=O) groups is 2. The molecule has 0 spiro atoms. The monoisotopic (exact) mass is 759 g/mol. The zero-order chi connectivity index (χ0) is 38.2. The molecule has 0 aromatic carbocycles. The minimum atomic E-state index is -4.76. The molecule has 0 rings (SSSR count). The second-order valence-electron chi connectivity index (χ2n) is 15.0. The van der Waals surface area contributed by atoms with Crippen molar-refractivity contribution in [1.82, 2.24) is 0 Å². The summed E-state index contributed by atoms with van der Waals surface area (Å²) in [7, 11) is -4.76. The minimum Gasteiger partial charge on any atom is -0.462 e. The standard InChI is InChI=1S/C43H83O8P/c1-3-5-7-9-11-13-15-17-19-20-21-22-24-26-28-30-32-34-36-38-43(45)51-41(40-50-52(46,47)48)39-49-42(44)37-35-33-31-29-27-25-23-18-16-14-12-10-8-6-4-2/h31,33,41H,3-30,32,34-40H2,1-2H3,(H2,46,47,48)/b33-31+/t41-/m1/s1. The first-order chi connectivity index (χ1) is 25.3. The Bertz CT molecular complexity index is 858. The molecule has 0 saturated carbocycles. The van der Waals surface area contributed by atoms with Gasteiger partial charge in [0.15, 0.2) is 6.10 Å². The Hall–Kier alpha value is -1.21. The van der Waals surface area contributed by atoms with Gasteiger partial charge in [-0.3, -0.25) is 14.1 Å². The number of hydrogen-bond acceptors (Lipinski definition) is 6. The van der Waals surface area contributed by atoms with E-state index in [0.717, 1.165) is 32.1 Å². The molecule has 0 aliphatic carbocycles. The molecule has 0 fully saturated rings. The largest absolute Gasteiger partial charge is 0.469 e. The van der Waals surface area contributed by atoms with Gasteiger partial charge < -0.3 is 19.3 Å². The van der Waals surface area contributed by atoms with E-state index in [4.69, 9.17) is 19.3 Å². The molecule has 0 radical (unpaired) electrons. The number of carbonyl (C=O) groups excluding carboxylic acids is 2. The molecular formula is C43H83O8P. The molecule has 2 N–H and O–H groups in total. The normalized spacial score (nSPS) is 12.5. The summed E-state index contributed by atoms with van der Waals surface area (Å²) in [5.41, 5.74) is 0. The summed E-state index contributed by atoms with van der Waals surface area (Å²) in [4.78, 5) is 42.8. The molecule has 1 atom stereocenters. The Labute approximate surface area is 320 Å². The van der Waals surface area contributed by atoms with E-state index >= 15 is 0 Å². The van der Waals surface area contributed by atoms with Crippen LogP contribution in [0.15, 0.2) is 12.2 Å². The molecule has 0 amide bonds. The summed E-state index contributed by atoms with van der Waals surface area (Å²) in [6.45, 7) is 3.68. The van der Waals surface area contributed by atoms with Crippen LogP contribution in [0.5, 0.6) is 0 Å². The van der Waals surface area contributed by atoms with Crippen molar-refractivity contribution in [2.75, 3.05) is 13.2 Å². The van der Waals surface area contributed by atoms with Gasteiger partial charge in [-0.05, 0) is 25.7 Å². The summed E-state index contributed by atoms with van der Waals surface area (Å²) in [6.07, 6.45) is 43.8. The quantitative estimate of drug-likeness (QED) is 0.0274. The van der Waals surface area contributed by atoms with Gasteiger partial charge in [0.05, 0.1) is 6.61 Å². The predicted molar refractivity (Wildman–Crippen MR) is 216 cm³/mol. The van der Waals surface area contributed by atoms with Crippen LogP contribution in [-0.2, 0) is 28.2 Å². The summed E-state index contributed by atoms with van der Waals surface area (Å²) in [5, 5.41) is 0. The summed E-state index contributed by atoms with van der Waals surface area (Å²) >= 11 is 0. The summed E-state index contributed by atoms with van der Waals surface area (Å²) in [6, 6.07) is 0. The molecule has 0 aromatic rings. The molecule has 0 aliphatic rings. The molecule has 52 heavy (non-hydrogen) atoms. The van der Waals surface area contributed by atoms with Crippen LogP contribution in [0.25, 0.3) is 0 Å². The lowest BCUT2D eigenvalue weighted by Gasteiger charge is -2.18. The smallest absolute Gasteiger partial charge is 0.462 e. The number of ether oxygens (including phenoxy) is 2. The van der Waals surface area contributed by atoms with Gasteiger partial charge in [0.1, 0.15) is 6.61 Å². The number of phosphoric ester groups is 1. The zero-order valence-electron chi connectivity index (χ0n) is 34.0. The third-order valence-corrected chi connectivity index (χ3v) is 10.3. The number of hydrogen-bond donors (Lipinski definition) is 2. The predicted octanol–water partition coefficient (Wildman–Crippen LogP) is 13.4. The van der Waals surface area contributed by atoms with Crippen molar-refractivity contribution in [3.8, 4) is 0 Å².